The summed E-state index contributed by atoms with van der Waals surface area (Å²) in [5, 5.41) is 0. The maximum atomic E-state index is 11.6. The molecule has 2 atom stereocenters. The minimum absolute atomic E-state index is 0.108. The molecule has 1 saturated carbocycles. The molecule has 0 aromatic heterocycles. The number of carbonyl (C=O) groups is 2. The number of Topliss-reactive ketones (excluding diaryl/α,β-unsaturated/α-hetero) is 2. The lowest BCUT2D eigenvalue weighted by molar-refractivity contribution is -0.121. The van der Waals surface area contributed by atoms with Crippen LogP contribution in [0.2, 0.25) is 0 Å². The molecule has 0 saturated heterocycles. The topological polar surface area (TPSA) is 34.1 Å². The van der Waals surface area contributed by atoms with Crippen LogP contribution in [0.5, 0.6) is 0 Å². The molecule has 0 N–H and O–H groups in total. The van der Waals surface area contributed by atoms with E-state index < -0.39 is 0 Å². The zero-order chi connectivity index (χ0) is 11.3. The van der Waals surface area contributed by atoms with Crippen LogP contribution < -0.4 is 0 Å². The highest BCUT2D eigenvalue weighted by atomic mass is 16.1. The van der Waals surface area contributed by atoms with Crippen molar-refractivity contribution in [3.05, 3.63) is 12.2 Å². The molecule has 2 nitrogen and oxygen atoms in total. The van der Waals surface area contributed by atoms with Crippen LogP contribution in [-0.2, 0) is 9.59 Å². The van der Waals surface area contributed by atoms with Gasteiger partial charge < -0.3 is 4.79 Å². The molecule has 1 aliphatic carbocycles. The molecule has 0 spiro atoms. The van der Waals surface area contributed by atoms with E-state index in [1.165, 1.54) is 0 Å². The van der Waals surface area contributed by atoms with Crippen LogP contribution in [0.3, 0.4) is 0 Å². The monoisotopic (exact) mass is 208 g/mol. The van der Waals surface area contributed by atoms with Gasteiger partial charge in [0.2, 0.25) is 0 Å². The number of ketones is 2. The van der Waals surface area contributed by atoms with Crippen molar-refractivity contribution in [2.24, 2.45) is 11.8 Å². The standard InChI is InChI=1S/C13H20O2/c1-3-4-5-6-12-11(9-10(2)14)7-8-13(12)15/h4-5,11-12H,3,6-9H2,1-2H3/b5-4-. The Morgan fingerprint density at radius 3 is 2.80 bits per heavy atom. The van der Waals surface area contributed by atoms with Gasteiger partial charge in [0.1, 0.15) is 11.6 Å². The second kappa shape index (κ2) is 5.84. The van der Waals surface area contributed by atoms with E-state index in [0.717, 1.165) is 19.3 Å². The van der Waals surface area contributed by atoms with Crippen LogP contribution in [-0.4, -0.2) is 11.6 Å². The Morgan fingerprint density at radius 1 is 1.47 bits per heavy atom. The summed E-state index contributed by atoms with van der Waals surface area (Å²) in [6, 6.07) is 0. The Labute approximate surface area is 91.7 Å². The van der Waals surface area contributed by atoms with Crippen LogP contribution in [0.1, 0.15) is 46.0 Å². The largest absolute Gasteiger partial charge is 0.300 e. The van der Waals surface area contributed by atoms with Gasteiger partial charge in [0.05, 0.1) is 0 Å². The molecule has 1 rings (SSSR count). The minimum Gasteiger partial charge on any atom is -0.300 e. The fourth-order valence-corrected chi connectivity index (χ4v) is 2.32. The van der Waals surface area contributed by atoms with Crippen LogP contribution in [0.4, 0.5) is 0 Å². The van der Waals surface area contributed by atoms with Crippen molar-refractivity contribution >= 4 is 11.6 Å². The van der Waals surface area contributed by atoms with Gasteiger partial charge in [0, 0.05) is 18.8 Å². The molecule has 1 aliphatic rings. The van der Waals surface area contributed by atoms with Gasteiger partial charge in [-0.2, -0.15) is 0 Å². The number of rotatable bonds is 5. The van der Waals surface area contributed by atoms with Gasteiger partial charge in [-0.05, 0) is 32.1 Å². The highest BCUT2D eigenvalue weighted by molar-refractivity contribution is 5.85. The first-order chi connectivity index (χ1) is 7.15. The molecule has 2 unspecified atom stereocenters. The molecule has 0 aliphatic heterocycles. The lowest BCUT2D eigenvalue weighted by Crippen LogP contribution is -2.16. The molecule has 0 aromatic carbocycles. The third kappa shape index (κ3) is 3.61. The smallest absolute Gasteiger partial charge is 0.136 e. The second-order valence-corrected chi connectivity index (χ2v) is 4.39. The third-order valence-corrected chi connectivity index (χ3v) is 3.09. The predicted molar refractivity (Wildman–Crippen MR) is 60.6 cm³/mol. The van der Waals surface area contributed by atoms with Crippen molar-refractivity contribution in [3.8, 4) is 0 Å². The van der Waals surface area contributed by atoms with Crippen molar-refractivity contribution in [1.29, 1.82) is 0 Å². The summed E-state index contributed by atoms with van der Waals surface area (Å²) in [4.78, 5) is 22.7. The average Bonchev–Trinajstić information content (AvgIpc) is 2.49. The Morgan fingerprint density at radius 2 is 2.20 bits per heavy atom. The van der Waals surface area contributed by atoms with E-state index in [0.29, 0.717) is 24.5 Å². The molecule has 0 heterocycles. The molecule has 0 aromatic rings. The lowest BCUT2D eigenvalue weighted by atomic mass is 9.88. The molecule has 1 fully saturated rings. The minimum atomic E-state index is 0.108. The normalized spacial score (nSPS) is 26.4. The van der Waals surface area contributed by atoms with Crippen LogP contribution in [0.15, 0.2) is 12.2 Å². The Balaban J connectivity index is 2.52. The molecule has 0 amide bonds. The summed E-state index contributed by atoms with van der Waals surface area (Å²) >= 11 is 0. The van der Waals surface area contributed by atoms with E-state index in [9.17, 15) is 9.59 Å². The number of carbonyl (C=O) groups excluding carboxylic acids is 2. The fourth-order valence-electron chi connectivity index (χ4n) is 2.32. The van der Waals surface area contributed by atoms with Gasteiger partial charge in [-0.1, -0.05) is 19.1 Å². The number of hydrogen-bond donors (Lipinski definition) is 0. The van der Waals surface area contributed by atoms with E-state index in [1.807, 2.05) is 0 Å². The number of allylic oxidation sites excluding steroid dienone is 2. The predicted octanol–water partition coefficient (Wildman–Crippen LogP) is 2.92. The molecule has 84 valence electrons. The molecule has 15 heavy (non-hydrogen) atoms. The third-order valence-electron chi connectivity index (χ3n) is 3.09. The Kier molecular flexibility index (Phi) is 4.73. The molecular formula is C13H20O2. The highest BCUT2D eigenvalue weighted by Gasteiger charge is 2.33. The molecular weight excluding hydrogens is 188 g/mol. The fraction of sp³-hybridized carbons (Fsp3) is 0.692. The summed E-state index contributed by atoms with van der Waals surface area (Å²) < 4.78 is 0. The van der Waals surface area contributed by atoms with Gasteiger partial charge in [-0.3, -0.25) is 4.79 Å². The summed E-state index contributed by atoms with van der Waals surface area (Å²) in [6.45, 7) is 3.70. The van der Waals surface area contributed by atoms with E-state index in [-0.39, 0.29) is 11.7 Å². The van der Waals surface area contributed by atoms with Crippen LogP contribution >= 0.6 is 0 Å². The van der Waals surface area contributed by atoms with E-state index in [4.69, 9.17) is 0 Å². The van der Waals surface area contributed by atoms with Crippen molar-refractivity contribution in [1.82, 2.24) is 0 Å². The summed E-state index contributed by atoms with van der Waals surface area (Å²) in [5.41, 5.74) is 0. The van der Waals surface area contributed by atoms with Gasteiger partial charge in [0.25, 0.3) is 0 Å². The zero-order valence-corrected chi connectivity index (χ0v) is 9.66. The van der Waals surface area contributed by atoms with Gasteiger partial charge in [0.15, 0.2) is 0 Å². The number of hydrogen-bond acceptors (Lipinski definition) is 2. The van der Waals surface area contributed by atoms with E-state index in [2.05, 4.69) is 19.1 Å². The summed E-state index contributed by atoms with van der Waals surface area (Å²) in [7, 11) is 0. The van der Waals surface area contributed by atoms with E-state index >= 15 is 0 Å². The van der Waals surface area contributed by atoms with Gasteiger partial charge >= 0.3 is 0 Å². The first kappa shape index (κ1) is 12.2. The molecule has 0 bridgehead atoms. The lowest BCUT2D eigenvalue weighted by Gasteiger charge is -2.14. The molecule has 2 heteroatoms. The maximum Gasteiger partial charge on any atom is 0.136 e. The quantitative estimate of drug-likeness (QED) is 0.651. The van der Waals surface area contributed by atoms with Crippen molar-refractivity contribution < 1.29 is 9.59 Å². The average molecular weight is 208 g/mol. The van der Waals surface area contributed by atoms with Crippen molar-refractivity contribution in [3.63, 3.8) is 0 Å². The highest BCUT2D eigenvalue weighted by Crippen LogP contribution is 2.34. The zero-order valence-electron chi connectivity index (χ0n) is 9.66. The van der Waals surface area contributed by atoms with Gasteiger partial charge in [-0.25, -0.2) is 0 Å². The summed E-state index contributed by atoms with van der Waals surface area (Å²) in [5.74, 6) is 0.967. The SMILES string of the molecule is CC/C=C\CC1C(=O)CCC1CC(C)=O. The molecule has 0 radical (unpaired) electrons. The Hall–Kier alpha value is -0.920. The summed E-state index contributed by atoms with van der Waals surface area (Å²) in [6.07, 6.45) is 8.17. The first-order valence-corrected chi connectivity index (χ1v) is 5.82. The second-order valence-electron chi connectivity index (χ2n) is 4.39. The van der Waals surface area contributed by atoms with Gasteiger partial charge in [-0.15, -0.1) is 0 Å². The maximum absolute atomic E-state index is 11.6. The van der Waals surface area contributed by atoms with E-state index in [1.54, 1.807) is 6.92 Å². The van der Waals surface area contributed by atoms with Crippen molar-refractivity contribution in [2.45, 2.75) is 46.0 Å². The first-order valence-electron chi connectivity index (χ1n) is 5.82. The Bertz CT molecular complexity index is 266. The van der Waals surface area contributed by atoms with Crippen molar-refractivity contribution in [2.75, 3.05) is 0 Å². The van der Waals surface area contributed by atoms with Crippen LogP contribution in [0, 0.1) is 11.8 Å². The van der Waals surface area contributed by atoms with Crippen LogP contribution in [0.25, 0.3) is 0 Å².